The van der Waals surface area contributed by atoms with Gasteiger partial charge in [-0.15, -0.1) is 0 Å². The largest absolute Gasteiger partial charge is 0.306 e. The van der Waals surface area contributed by atoms with Crippen LogP contribution in [0.15, 0.2) is 29.2 Å². The lowest BCUT2D eigenvalue weighted by Crippen LogP contribution is -2.37. The van der Waals surface area contributed by atoms with Gasteiger partial charge in [-0.05, 0) is 62.4 Å². The number of likely N-dealkylation sites (tertiary alicyclic amines) is 2. The first-order valence-electron chi connectivity index (χ1n) is 9.02. The average Bonchev–Trinajstić information content (AvgIpc) is 3.25. The Balaban J connectivity index is 1.37. The fourth-order valence-electron chi connectivity index (χ4n) is 4.10. The van der Waals surface area contributed by atoms with E-state index in [1.807, 2.05) is 12.1 Å². The second-order valence-corrected chi connectivity index (χ2v) is 9.52. The number of fused-ring (bicyclic) bond motifs is 1. The van der Waals surface area contributed by atoms with Gasteiger partial charge in [0.05, 0.1) is 4.90 Å². The zero-order valence-corrected chi connectivity index (χ0v) is 15.1. The van der Waals surface area contributed by atoms with Crippen molar-refractivity contribution in [2.75, 3.05) is 33.2 Å². The Hall–Kier alpha value is -0.950. The third kappa shape index (κ3) is 3.67. The first kappa shape index (κ1) is 16.5. The van der Waals surface area contributed by atoms with E-state index in [9.17, 15) is 8.42 Å². The van der Waals surface area contributed by atoms with Gasteiger partial charge < -0.3 is 4.90 Å². The van der Waals surface area contributed by atoms with E-state index in [2.05, 4.69) is 21.6 Å². The molecule has 1 N–H and O–H groups in total. The Kier molecular flexibility index (Phi) is 4.41. The highest BCUT2D eigenvalue weighted by Crippen LogP contribution is 2.31. The van der Waals surface area contributed by atoms with Crippen LogP contribution in [0.5, 0.6) is 0 Å². The van der Waals surface area contributed by atoms with Crippen LogP contribution in [0.1, 0.15) is 24.8 Å². The third-order valence-corrected chi connectivity index (χ3v) is 7.16. The van der Waals surface area contributed by atoms with Crippen molar-refractivity contribution in [3.8, 4) is 0 Å². The van der Waals surface area contributed by atoms with Crippen LogP contribution in [0.2, 0.25) is 0 Å². The van der Waals surface area contributed by atoms with Crippen LogP contribution >= 0.6 is 0 Å². The molecule has 0 unspecified atom stereocenters. The summed E-state index contributed by atoms with van der Waals surface area (Å²) in [5, 5.41) is 0. The number of benzene rings is 1. The second kappa shape index (κ2) is 6.41. The first-order chi connectivity index (χ1) is 11.5. The van der Waals surface area contributed by atoms with Crippen LogP contribution in [-0.2, 0) is 16.6 Å². The molecule has 0 amide bonds. The summed E-state index contributed by atoms with van der Waals surface area (Å²) in [7, 11) is -1.12. The molecule has 24 heavy (non-hydrogen) atoms. The van der Waals surface area contributed by atoms with E-state index in [0.717, 1.165) is 37.8 Å². The maximum absolute atomic E-state index is 12.2. The Morgan fingerprint density at radius 1 is 1.04 bits per heavy atom. The Bertz CT molecular complexity index is 685. The summed E-state index contributed by atoms with van der Waals surface area (Å²) in [6.45, 7) is 5.70. The van der Waals surface area contributed by atoms with Crippen molar-refractivity contribution < 1.29 is 8.42 Å². The molecular formula is C18H27N3O2S. The van der Waals surface area contributed by atoms with Gasteiger partial charge in [-0.3, -0.25) is 4.90 Å². The quantitative estimate of drug-likeness (QED) is 0.876. The van der Waals surface area contributed by atoms with Crippen molar-refractivity contribution in [2.24, 2.45) is 11.8 Å². The number of piperidine rings is 1. The van der Waals surface area contributed by atoms with Gasteiger partial charge in [0.2, 0.25) is 10.0 Å². The van der Waals surface area contributed by atoms with E-state index in [0.29, 0.717) is 4.90 Å². The minimum atomic E-state index is -3.33. The maximum atomic E-state index is 12.2. The monoisotopic (exact) mass is 349 g/mol. The minimum absolute atomic E-state index is 0.153. The molecule has 2 aliphatic heterocycles. The summed E-state index contributed by atoms with van der Waals surface area (Å²) < 4.78 is 27.2. The number of hydrogen-bond acceptors (Lipinski definition) is 4. The number of nitrogens with zero attached hydrogens (tertiary/aromatic N) is 2. The smallest absolute Gasteiger partial charge is 0.240 e. The van der Waals surface area contributed by atoms with Gasteiger partial charge in [0, 0.05) is 32.2 Å². The fraction of sp³-hybridized carbons (Fsp3) is 0.667. The van der Waals surface area contributed by atoms with Crippen LogP contribution in [-0.4, -0.2) is 57.5 Å². The average molecular weight is 350 g/mol. The fourth-order valence-corrected chi connectivity index (χ4v) is 5.40. The first-order valence-corrected chi connectivity index (χ1v) is 10.5. The highest BCUT2D eigenvalue weighted by molar-refractivity contribution is 7.89. The SMILES string of the molecule is CN1CC[C@@H]2CN(Cc3ccc(S(=O)(=O)NC4CC4)cc3)C[C@@H]2C1. The third-order valence-electron chi connectivity index (χ3n) is 5.62. The minimum Gasteiger partial charge on any atom is -0.306 e. The molecular weight excluding hydrogens is 322 g/mol. The van der Waals surface area contributed by atoms with E-state index in [1.54, 1.807) is 12.1 Å². The van der Waals surface area contributed by atoms with Crippen LogP contribution < -0.4 is 4.72 Å². The molecule has 4 rings (SSSR count). The Labute approximate surface area is 145 Å². The zero-order chi connectivity index (χ0) is 16.7. The summed E-state index contributed by atoms with van der Waals surface area (Å²) in [4.78, 5) is 5.35. The predicted molar refractivity (Wildman–Crippen MR) is 94.2 cm³/mol. The van der Waals surface area contributed by atoms with Gasteiger partial charge in [0.25, 0.3) is 0 Å². The Morgan fingerprint density at radius 2 is 1.75 bits per heavy atom. The van der Waals surface area contributed by atoms with Gasteiger partial charge in [-0.25, -0.2) is 13.1 Å². The molecule has 2 atom stereocenters. The zero-order valence-electron chi connectivity index (χ0n) is 14.3. The summed E-state index contributed by atoms with van der Waals surface area (Å²) in [5.41, 5.74) is 1.20. The number of rotatable bonds is 5. The molecule has 0 spiro atoms. The molecule has 2 saturated heterocycles. The maximum Gasteiger partial charge on any atom is 0.240 e. The molecule has 3 fully saturated rings. The van der Waals surface area contributed by atoms with E-state index in [-0.39, 0.29) is 6.04 Å². The second-order valence-electron chi connectivity index (χ2n) is 7.80. The van der Waals surface area contributed by atoms with Crippen LogP contribution in [0.3, 0.4) is 0 Å². The van der Waals surface area contributed by atoms with E-state index in [1.165, 1.54) is 31.6 Å². The normalized spacial score (nSPS) is 28.9. The summed E-state index contributed by atoms with van der Waals surface area (Å²) in [6, 6.07) is 7.58. The van der Waals surface area contributed by atoms with Crippen molar-refractivity contribution in [2.45, 2.75) is 36.7 Å². The predicted octanol–water partition coefficient (Wildman–Crippen LogP) is 1.51. The molecule has 132 valence electrons. The van der Waals surface area contributed by atoms with E-state index >= 15 is 0 Å². The van der Waals surface area contributed by atoms with E-state index in [4.69, 9.17) is 0 Å². The number of sulfonamides is 1. The Morgan fingerprint density at radius 3 is 2.46 bits per heavy atom. The highest BCUT2D eigenvalue weighted by atomic mass is 32.2. The van der Waals surface area contributed by atoms with Gasteiger partial charge in [-0.1, -0.05) is 12.1 Å². The molecule has 0 aromatic heterocycles. The number of hydrogen-bond donors (Lipinski definition) is 1. The summed E-state index contributed by atoms with van der Waals surface area (Å²) in [6.07, 6.45) is 3.23. The lowest BCUT2D eigenvalue weighted by molar-refractivity contribution is 0.178. The van der Waals surface area contributed by atoms with Gasteiger partial charge in [0.1, 0.15) is 0 Å². The molecule has 0 bridgehead atoms. The van der Waals surface area contributed by atoms with Crippen molar-refractivity contribution >= 4 is 10.0 Å². The van der Waals surface area contributed by atoms with Gasteiger partial charge in [-0.2, -0.15) is 0 Å². The van der Waals surface area contributed by atoms with Gasteiger partial charge >= 0.3 is 0 Å². The molecule has 2 heterocycles. The summed E-state index contributed by atoms with van der Waals surface area (Å²) >= 11 is 0. The highest BCUT2D eigenvalue weighted by Gasteiger charge is 2.35. The molecule has 3 aliphatic rings. The molecule has 1 aromatic carbocycles. The van der Waals surface area contributed by atoms with Crippen molar-refractivity contribution in [1.29, 1.82) is 0 Å². The lowest BCUT2D eigenvalue weighted by Gasteiger charge is -2.31. The molecule has 1 aliphatic carbocycles. The van der Waals surface area contributed by atoms with Gasteiger partial charge in [0.15, 0.2) is 0 Å². The summed E-state index contributed by atoms with van der Waals surface area (Å²) in [5.74, 6) is 1.63. The topological polar surface area (TPSA) is 52.7 Å². The molecule has 0 radical (unpaired) electrons. The number of nitrogens with one attached hydrogen (secondary N) is 1. The van der Waals surface area contributed by atoms with Crippen molar-refractivity contribution in [1.82, 2.24) is 14.5 Å². The van der Waals surface area contributed by atoms with Crippen molar-refractivity contribution in [3.63, 3.8) is 0 Å². The van der Waals surface area contributed by atoms with E-state index < -0.39 is 10.0 Å². The lowest BCUT2D eigenvalue weighted by atomic mass is 9.89. The van der Waals surface area contributed by atoms with Crippen LogP contribution in [0, 0.1) is 11.8 Å². The molecule has 1 saturated carbocycles. The van der Waals surface area contributed by atoms with Crippen LogP contribution in [0.25, 0.3) is 0 Å². The molecule has 6 heteroatoms. The standard InChI is InChI=1S/C18H27N3O2S/c1-20-9-8-15-12-21(13-16(15)11-20)10-14-2-6-18(7-3-14)24(22,23)19-17-4-5-17/h2-3,6-7,15-17,19H,4-5,8-13H2,1H3/t15-,16+/m1/s1. The molecule has 5 nitrogen and oxygen atoms in total. The van der Waals surface area contributed by atoms with Crippen LogP contribution in [0.4, 0.5) is 0 Å². The van der Waals surface area contributed by atoms with Crippen molar-refractivity contribution in [3.05, 3.63) is 29.8 Å². The molecule has 1 aromatic rings.